The van der Waals surface area contributed by atoms with E-state index in [0.717, 1.165) is 37.5 Å². The largest absolute Gasteiger partial charge is 0.497 e. The molecule has 2 aliphatic heterocycles. The summed E-state index contributed by atoms with van der Waals surface area (Å²) >= 11 is 0. The zero-order valence-electron chi connectivity index (χ0n) is 14.0. The zero-order valence-corrected chi connectivity index (χ0v) is 14.0. The Morgan fingerprint density at radius 3 is 2.48 bits per heavy atom. The molecule has 0 aliphatic carbocycles. The number of piperazine rings is 1. The Bertz CT molecular complexity index is 624. The molecule has 3 rings (SSSR count). The highest BCUT2D eigenvalue weighted by atomic mass is 16.5. The number of carbonyl (C=O) groups excluding carboxylic acids is 2. The molecule has 2 aliphatic rings. The van der Waals surface area contributed by atoms with E-state index in [2.05, 4.69) is 7.05 Å². The summed E-state index contributed by atoms with van der Waals surface area (Å²) in [5, 5.41) is 0. The maximum atomic E-state index is 12.9. The number of likely N-dealkylation sites (N-methyl/N-ethyl adjacent to an activating group) is 1. The normalized spacial score (nSPS) is 28.3. The summed E-state index contributed by atoms with van der Waals surface area (Å²) in [6, 6.07) is 5.23. The van der Waals surface area contributed by atoms with Gasteiger partial charge >= 0.3 is 0 Å². The van der Waals surface area contributed by atoms with Gasteiger partial charge in [0.15, 0.2) is 6.04 Å². The van der Waals surface area contributed by atoms with Crippen molar-refractivity contribution in [1.82, 2.24) is 0 Å². The number of benzene rings is 1. The van der Waals surface area contributed by atoms with Crippen molar-refractivity contribution in [2.75, 3.05) is 45.2 Å². The molecule has 23 heavy (non-hydrogen) atoms. The lowest BCUT2D eigenvalue weighted by molar-refractivity contribution is -1.01. The standard InChI is InChI=1S/C17H23N3O3/c1-12-10-13(23-3)4-5-14(12)20-16(21)11-15(17(20)22)19-8-6-18(2)7-9-19/h4-5,10,15H,6-9,11H2,1-3H3/p+2/t15-/m0/s1. The number of ether oxygens (including phenoxy) is 1. The first-order valence-electron chi connectivity index (χ1n) is 8.18. The Morgan fingerprint density at radius 2 is 1.87 bits per heavy atom. The number of hydrogen-bond donors (Lipinski definition) is 2. The number of hydrogen-bond acceptors (Lipinski definition) is 3. The van der Waals surface area contributed by atoms with Crippen molar-refractivity contribution in [1.29, 1.82) is 0 Å². The SMILES string of the molecule is COc1ccc(N2C(=O)C[C@H]([NH+]3CC[NH+](C)CC3)C2=O)c(C)c1. The van der Waals surface area contributed by atoms with Crippen LogP contribution in [-0.4, -0.2) is 58.2 Å². The fourth-order valence-corrected chi connectivity index (χ4v) is 3.56. The molecule has 0 aromatic heterocycles. The van der Waals surface area contributed by atoms with Crippen LogP contribution in [0.2, 0.25) is 0 Å². The Balaban J connectivity index is 1.81. The van der Waals surface area contributed by atoms with Gasteiger partial charge in [-0.2, -0.15) is 0 Å². The third kappa shape index (κ3) is 2.96. The van der Waals surface area contributed by atoms with Crippen LogP contribution in [0.1, 0.15) is 12.0 Å². The van der Waals surface area contributed by atoms with Crippen molar-refractivity contribution in [2.24, 2.45) is 0 Å². The van der Waals surface area contributed by atoms with Crippen LogP contribution in [0.15, 0.2) is 18.2 Å². The van der Waals surface area contributed by atoms with E-state index >= 15 is 0 Å². The summed E-state index contributed by atoms with van der Waals surface area (Å²) in [6.45, 7) is 5.90. The van der Waals surface area contributed by atoms with Gasteiger partial charge in [-0.05, 0) is 30.7 Å². The number of anilines is 1. The van der Waals surface area contributed by atoms with Gasteiger partial charge in [0.05, 0.1) is 26.3 Å². The summed E-state index contributed by atoms with van der Waals surface area (Å²) in [5.41, 5.74) is 1.56. The molecule has 2 amide bonds. The number of nitrogens with zero attached hydrogens (tertiary/aromatic N) is 1. The Hall–Kier alpha value is -1.92. The topological polar surface area (TPSA) is 55.5 Å². The molecular formula is C17H25N3O3+2. The number of carbonyl (C=O) groups is 2. The second kappa shape index (κ2) is 6.29. The third-order valence-electron chi connectivity index (χ3n) is 5.03. The monoisotopic (exact) mass is 319 g/mol. The first-order valence-corrected chi connectivity index (χ1v) is 8.18. The molecule has 6 heteroatoms. The van der Waals surface area contributed by atoms with Crippen LogP contribution in [0.4, 0.5) is 5.69 Å². The minimum Gasteiger partial charge on any atom is -0.497 e. The van der Waals surface area contributed by atoms with Crippen LogP contribution in [0.5, 0.6) is 5.75 Å². The molecule has 1 aromatic carbocycles. The van der Waals surface area contributed by atoms with Crippen LogP contribution in [-0.2, 0) is 9.59 Å². The van der Waals surface area contributed by atoms with Gasteiger partial charge in [0.1, 0.15) is 31.9 Å². The summed E-state index contributed by atoms with van der Waals surface area (Å²) in [5.74, 6) is 0.583. The van der Waals surface area contributed by atoms with Crippen LogP contribution in [0, 0.1) is 6.92 Å². The average Bonchev–Trinajstić information content (AvgIpc) is 2.83. The van der Waals surface area contributed by atoms with Crippen LogP contribution < -0.4 is 19.4 Å². The number of rotatable bonds is 3. The molecule has 2 fully saturated rings. The van der Waals surface area contributed by atoms with Crippen molar-refractivity contribution in [2.45, 2.75) is 19.4 Å². The number of imide groups is 1. The Kier molecular flexibility index (Phi) is 4.37. The molecule has 0 saturated carbocycles. The molecule has 0 radical (unpaired) electrons. The lowest BCUT2D eigenvalue weighted by Gasteiger charge is -2.30. The molecular weight excluding hydrogens is 294 g/mol. The van der Waals surface area contributed by atoms with Crippen LogP contribution >= 0.6 is 0 Å². The lowest BCUT2D eigenvalue weighted by Crippen LogP contribution is -3.29. The first kappa shape index (κ1) is 16.0. The van der Waals surface area contributed by atoms with Crippen LogP contribution in [0.25, 0.3) is 0 Å². The molecule has 0 spiro atoms. The average molecular weight is 319 g/mol. The summed E-state index contributed by atoms with van der Waals surface area (Å²) in [4.78, 5) is 29.4. The third-order valence-corrected chi connectivity index (χ3v) is 5.03. The van der Waals surface area contributed by atoms with E-state index in [1.807, 2.05) is 13.0 Å². The molecule has 2 N–H and O–H groups in total. The van der Waals surface area contributed by atoms with Gasteiger partial charge in [0, 0.05) is 0 Å². The van der Waals surface area contributed by atoms with E-state index in [0.29, 0.717) is 12.1 Å². The molecule has 2 heterocycles. The number of nitrogens with one attached hydrogen (secondary N) is 2. The summed E-state index contributed by atoms with van der Waals surface area (Å²) in [7, 11) is 3.78. The van der Waals surface area contributed by atoms with Crippen molar-refractivity contribution in [3.63, 3.8) is 0 Å². The minimum absolute atomic E-state index is 0.0576. The van der Waals surface area contributed by atoms with Gasteiger partial charge in [0.25, 0.3) is 5.91 Å². The van der Waals surface area contributed by atoms with E-state index in [1.54, 1.807) is 19.2 Å². The van der Waals surface area contributed by atoms with Gasteiger partial charge in [0.2, 0.25) is 5.91 Å². The first-order chi connectivity index (χ1) is 11.0. The van der Waals surface area contributed by atoms with Gasteiger partial charge in [-0.3, -0.25) is 9.59 Å². The van der Waals surface area contributed by atoms with Crippen LogP contribution in [0.3, 0.4) is 0 Å². The quantitative estimate of drug-likeness (QED) is 0.637. The zero-order chi connectivity index (χ0) is 16.6. The van der Waals surface area contributed by atoms with E-state index in [9.17, 15) is 9.59 Å². The van der Waals surface area contributed by atoms with Crippen molar-refractivity contribution < 1.29 is 24.1 Å². The maximum Gasteiger partial charge on any atom is 0.292 e. The fraction of sp³-hybridized carbons (Fsp3) is 0.529. The van der Waals surface area contributed by atoms with E-state index in [4.69, 9.17) is 4.74 Å². The Labute approximate surface area is 136 Å². The second-order valence-electron chi connectivity index (χ2n) is 6.59. The highest BCUT2D eigenvalue weighted by Gasteiger charge is 2.47. The highest BCUT2D eigenvalue weighted by Crippen LogP contribution is 2.28. The van der Waals surface area contributed by atoms with E-state index in [-0.39, 0.29) is 17.9 Å². The van der Waals surface area contributed by atoms with Crippen molar-refractivity contribution >= 4 is 17.5 Å². The van der Waals surface area contributed by atoms with Crippen molar-refractivity contribution in [3.05, 3.63) is 23.8 Å². The van der Waals surface area contributed by atoms with Gasteiger partial charge in [-0.15, -0.1) is 0 Å². The van der Waals surface area contributed by atoms with Gasteiger partial charge in [-0.25, -0.2) is 4.90 Å². The molecule has 6 nitrogen and oxygen atoms in total. The predicted octanol–water partition coefficient (Wildman–Crippen LogP) is -1.95. The van der Waals surface area contributed by atoms with Gasteiger partial charge in [-0.1, -0.05) is 0 Å². The Morgan fingerprint density at radius 1 is 1.17 bits per heavy atom. The van der Waals surface area contributed by atoms with E-state index in [1.165, 1.54) is 14.7 Å². The molecule has 0 unspecified atom stereocenters. The molecule has 124 valence electrons. The molecule has 2 saturated heterocycles. The second-order valence-corrected chi connectivity index (χ2v) is 6.59. The fourth-order valence-electron chi connectivity index (χ4n) is 3.56. The maximum absolute atomic E-state index is 12.9. The summed E-state index contributed by atoms with van der Waals surface area (Å²) < 4.78 is 5.20. The molecule has 1 aromatic rings. The molecule has 0 bridgehead atoms. The lowest BCUT2D eigenvalue weighted by atomic mass is 10.1. The highest BCUT2D eigenvalue weighted by molar-refractivity contribution is 6.22. The van der Waals surface area contributed by atoms with Crippen molar-refractivity contribution in [3.8, 4) is 5.75 Å². The smallest absolute Gasteiger partial charge is 0.292 e. The predicted molar refractivity (Wildman–Crippen MR) is 85.9 cm³/mol. The van der Waals surface area contributed by atoms with Gasteiger partial charge < -0.3 is 14.5 Å². The number of aryl methyl sites for hydroxylation is 1. The van der Waals surface area contributed by atoms with E-state index < -0.39 is 0 Å². The minimum atomic E-state index is -0.225. The summed E-state index contributed by atoms with van der Waals surface area (Å²) in [6.07, 6.45) is 0.318. The number of amides is 2. The number of methoxy groups -OCH3 is 1. The number of quaternary nitrogens is 2. The molecule has 1 atom stereocenters.